The van der Waals surface area contributed by atoms with E-state index in [0.717, 1.165) is 27.7 Å². The molecule has 0 aliphatic rings. The maximum atomic E-state index is 6.16. The standard InChI is InChI=1S/C18H15ClN4S/c19-17-9-5-4-6-14(17)13-24-18-20-11-10-16(22-18)12-21-23-15-7-2-1-3-8-15/h1-12,23H,13H2/b21-12-. The number of benzene rings is 2. The number of para-hydroxylation sites is 1. The average Bonchev–Trinajstić information content (AvgIpc) is 2.62. The van der Waals surface area contributed by atoms with Crippen LogP contribution in [0, 0.1) is 0 Å². The highest BCUT2D eigenvalue weighted by Crippen LogP contribution is 2.24. The second-order valence-electron chi connectivity index (χ2n) is 4.88. The van der Waals surface area contributed by atoms with Crippen molar-refractivity contribution in [3.8, 4) is 0 Å². The zero-order valence-corrected chi connectivity index (χ0v) is 14.3. The SMILES string of the molecule is Clc1ccccc1CSc1nccc(/C=N\Nc2ccccc2)n1. The second-order valence-corrected chi connectivity index (χ2v) is 6.23. The molecule has 0 fully saturated rings. The lowest BCUT2D eigenvalue weighted by Crippen LogP contribution is -1.95. The van der Waals surface area contributed by atoms with Gasteiger partial charge in [-0.2, -0.15) is 5.10 Å². The average molecular weight is 355 g/mol. The number of nitrogens with zero attached hydrogens (tertiary/aromatic N) is 3. The summed E-state index contributed by atoms with van der Waals surface area (Å²) in [5, 5.41) is 5.64. The molecule has 0 saturated heterocycles. The van der Waals surface area contributed by atoms with E-state index < -0.39 is 0 Å². The van der Waals surface area contributed by atoms with Gasteiger partial charge in [0.2, 0.25) is 0 Å². The molecule has 2 aromatic carbocycles. The van der Waals surface area contributed by atoms with Gasteiger partial charge in [-0.25, -0.2) is 9.97 Å². The van der Waals surface area contributed by atoms with Gasteiger partial charge in [0.15, 0.2) is 5.16 Å². The van der Waals surface area contributed by atoms with Crippen LogP contribution in [0.25, 0.3) is 0 Å². The van der Waals surface area contributed by atoms with Crippen LogP contribution in [0.4, 0.5) is 5.69 Å². The van der Waals surface area contributed by atoms with Crippen LogP contribution >= 0.6 is 23.4 Å². The van der Waals surface area contributed by atoms with Crippen molar-refractivity contribution in [1.82, 2.24) is 9.97 Å². The maximum Gasteiger partial charge on any atom is 0.188 e. The van der Waals surface area contributed by atoms with Crippen LogP contribution in [-0.4, -0.2) is 16.2 Å². The molecule has 1 aromatic heterocycles. The summed E-state index contributed by atoms with van der Waals surface area (Å²) in [5.74, 6) is 0.725. The second kappa shape index (κ2) is 8.47. The summed E-state index contributed by atoms with van der Waals surface area (Å²) in [6, 6.07) is 19.4. The molecule has 1 N–H and O–H groups in total. The van der Waals surface area contributed by atoms with Crippen molar-refractivity contribution in [3.05, 3.63) is 83.1 Å². The number of hydrogen-bond donors (Lipinski definition) is 1. The van der Waals surface area contributed by atoms with Crippen molar-refractivity contribution in [2.24, 2.45) is 5.10 Å². The van der Waals surface area contributed by atoms with Gasteiger partial charge in [0, 0.05) is 17.0 Å². The lowest BCUT2D eigenvalue weighted by Gasteiger charge is -2.03. The van der Waals surface area contributed by atoms with E-state index in [4.69, 9.17) is 11.6 Å². The van der Waals surface area contributed by atoms with Crippen LogP contribution in [0.1, 0.15) is 11.3 Å². The van der Waals surface area contributed by atoms with Gasteiger partial charge in [-0.3, -0.25) is 5.43 Å². The molecule has 0 unspecified atom stereocenters. The Morgan fingerprint density at radius 3 is 2.67 bits per heavy atom. The first-order valence-electron chi connectivity index (χ1n) is 7.34. The van der Waals surface area contributed by atoms with Gasteiger partial charge in [-0.1, -0.05) is 59.8 Å². The molecule has 0 atom stereocenters. The van der Waals surface area contributed by atoms with E-state index >= 15 is 0 Å². The Balaban J connectivity index is 1.60. The molecule has 6 heteroatoms. The highest BCUT2D eigenvalue weighted by Gasteiger charge is 2.03. The Morgan fingerprint density at radius 2 is 1.83 bits per heavy atom. The van der Waals surface area contributed by atoms with Crippen molar-refractivity contribution < 1.29 is 0 Å². The fraction of sp³-hybridized carbons (Fsp3) is 0.0556. The van der Waals surface area contributed by atoms with Gasteiger partial charge >= 0.3 is 0 Å². The molecule has 3 aromatic rings. The van der Waals surface area contributed by atoms with Crippen LogP contribution < -0.4 is 5.43 Å². The summed E-state index contributed by atoms with van der Waals surface area (Å²) in [7, 11) is 0. The largest absolute Gasteiger partial charge is 0.278 e. The minimum absolute atomic E-state index is 0.693. The number of aromatic nitrogens is 2. The minimum atomic E-state index is 0.693. The first-order valence-corrected chi connectivity index (χ1v) is 8.71. The number of halogens is 1. The quantitative estimate of drug-likeness (QED) is 0.297. The summed E-state index contributed by atoms with van der Waals surface area (Å²) >= 11 is 7.71. The van der Waals surface area contributed by atoms with Gasteiger partial charge in [0.1, 0.15) is 0 Å². The molecular formula is C18H15ClN4S. The normalized spacial score (nSPS) is 10.9. The van der Waals surface area contributed by atoms with E-state index in [1.807, 2.05) is 60.7 Å². The summed E-state index contributed by atoms with van der Waals surface area (Å²) in [6.07, 6.45) is 3.40. The zero-order valence-electron chi connectivity index (χ0n) is 12.8. The Morgan fingerprint density at radius 1 is 1.04 bits per heavy atom. The van der Waals surface area contributed by atoms with E-state index in [1.165, 1.54) is 0 Å². The van der Waals surface area contributed by atoms with E-state index in [0.29, 0.717) is 5.16 Å². The molecule has 0 radical (unpaired) electrons. The smallest absolute Gasteiger partial charge is 0.188 e. The molecule has 120 valence electrons. The summed E-state index contributed by atoms with van der Waals surface area (Å²) < 4.78 is 0. The number of thioether (sulfide) groups is 1. The molecule has 0 saturated carbocycles. The molecule has 1 heterocycles. The Kier molecular flexibility index (Phi) is 5.82. The lowest BCUT2D eigenvalue weighted by molar-refractivity contribution is 0.959. The molecule has 0 spiro atoms. The van der Waals surface area contributed by atoms with Gasteiger partial charge in [-0.05, 0) is 29.8 Å². The number of nitrogens with one attached hydrogen (secondary N) is 1. The van der Waals surface area contributed by atoms with Gasteiger partial charge in [0.25, 0.3) is 0 Å². The molecule has 3 rings (SSSR count). The zero-order chi connectivity index (χ0) is 16.6. The highest BCUT2D eigenvalue weighted by molar-refractivity contribution is 7.98. The van der Waals surface area contributed by atoms with Crippen LogP contribution in [0.2, 0.25) is 5.02 Å². The first-order chi connectivity index (χ1) is 11.8. The van der Waals surface area contributed by atoms with E-state index in [1.54, 1.807) is 24.2 Å². The van der Waals surface area contributed by atoms with Crippen molar-refractivity contribution in [1.29, 1.82) is 0 Å². The molecule has 24 heavy (non-hydrogen) atoms. The van der Waals surface area contributed by atoms with Crippen molar-refractivity contribution in [3.63, 3.8) is 0 Å². The van der Waals surface area contributed by atoms with Crippen LogP contribution in [0.3, 0.4) is 0 Å². The minimum Gasteiger partial charge on any atom is -0.278 e. The molecular weight excluding hydrogens is 340 g/mol. The topological polar surface area (TPSA) is 50.2 Å². The van der Waals surface area contributed by atoms with Crippen LogP contribution in [-0.2, 0) is 5.75 Å². The van der Waals surface area contributed by atoms with Crippen molar-refractivity contribution in [2.45, 2.75) is 10.9 Å². The van der Waals surface area contributed by atoms with Gasteiger partial charge < -0.3 is 0 Å². The van der Waals surface area contributed by atoms with Gasteiger partial charge in [-0.15, -0.1) is 0 Å². The lowest BCUT2D eigenvalue weighted by atomic mass is 10.2. The Hall–Kier alpha value is -2.37. The fourth-order valence-electron chi connectivity index (χ4n) is 1.94. The predicted molar refractivity (Wildman–Crippen MR) is 101 cm³/mol. The molecule has 0 amide bonds. The third kappa shape index (κ3) is 4.81. The van der Waals surface area contributed by atoms with Crippen LogP contribution in [0.15, 0.2) is 77.1 Å². The summed E-state index contributed by atoms with van der Waals surface area (Å²) in [5.41, 5.74) is 5.70. The highest BCUT2D eigenvalue weighted by atomic mass is 35.5. The van der Waals surface area contributed by atoms with Crippen molar-refractivity contribution in [2.75, 3.05) is 5.43 Å². The number of anilines is 1. The molecule has 0 aliphatic carbocycles. The Bertz CT molecular complexity index is 824. The summed E-state index contributed by atoms with van der Waals surface area (Å²) in [4.78, 5) is 8.75. The number of rotatable bonds is 6. The number of hydrazone groups is 1. The monoisotopic (exact) mass is 354 g/mol. The molecule has 0 bridgehead atoms. The third-order valence-corrected chi connectivity index (χ3v) is 4.41. The van der Waals surface area contributed by atoms with Crippen molar-refractivity contribution >= 4 is 35.3 Å². The predicted octanol–water partition coefficient (Wildman–Crippen LogP) is 4.87. The molecule has 0 aliphatic heterocycles. The number of hydrogen-bond acceptors (Lipinski definition) is 5. The molecule has 4 nitrogen and oxygen atoms in total. The first kappa shape index (κ1) is 16.5. The van der Waals surface area contributed by atoms with E-state index in [2.05, 4.69) is 20.5 Å². The maximum absolute atomic E-state index is 6.16. The van der Waals surface area contributed by atoms with E-state index in [-0.39, 0.29) is 0 Å². The third-order valence-electron chi connectivity index (χ3n) is 3.13. The summed E-state index contributed by atoms with van der Waals surface area (Å²) in [6.45, 7) is 0. The Labute approximate surface area is 150 Å². The van der Waals surface area contributed by atoms with Gasteiger partial charge in [0.05, 0.1) is 17.6 Å². The van der Waals surface area contributed by atoms with E-state index in [9.17, 15) is 0 Å². The van der Waals surface area contributed by atoms with Crippen LogP contribution in [0.5, 0.6) is 0 Å². The fourth-order valence-corrected chi connectivity index (χ4v) is 3.06.